The Morgan fingerprint density at radius 1 is 1.37 bits per heavy atom. The summed E-state index contributed by atoms with van der Waals surface area (Å²) in [5.74, 6) is 0.876. The summed E-state index contributed by atoms with van der Waals surface area (Å²) in [6.07, 6.45) is 0. The topological polar surface area (TPSA) is 90.6 Å². The minimum absolute atomic E-state index is 0.102. The van der Waals surface area contributed by atoms with Crippen molar-refractivity contribution in [3.8, 4) is 11.5 Å². The van der Waals surface area contributed by atoms with Crippen LogP contribution >= 0.6 is 12.2 Å². The van der Waals surface area contributed by atoms with Gasteiger partial charge in [0.05, 0.1) is 24.9 Å². The summed E-state index contributed by atoms with van der Waals surface area (Å²) in [4.78, 5) is -0.102. The van der Waals surface area contributed by atoms with E-state index in [-0.39, 0.29) is 10.7 Å². The van der Waals surface area contributed by atoms with E-state index in [0.717, 1.165) is 0 Å². The zero-order valence-corrected chi connectivity index (χ0v) is 12.5. The molecule has 0 saturated heterocycles. The highest BCUT2D eigenvalue weighted by Crippen LogP contribution is 2.30. The van der Waals surface area contributed by atoms with Crippen LogP contribution in [0.2, 0.25) is 0 Å². The van der Waals surface area contributed by atoms with Gasteiger partial charge in [-0.2, -0.15) is 0 Å². The Morgan fingerprint density at radius 3 is 2.47 bits per heavy atom. The largest absolute Gasteiger partial charge is 0.497 e. The molecule has 0 aromatic heterocycles. The SMILES string of the molecule is COc1ccc(OC)c(NS(=O)(=O)C(C)C(N)=S)c1. The van der Waals surface area contributed by atoms with E-state index in [1.165, 1.54) is 27.2 Å². The van der Waals surface area contributed by atoms with Crippen LogP contribution in [-0.4, -0.2) is 32.9 Å². The maximum Gasteiger partial charge on any atom is 0.242 e. The van der Waals surface area contributed by atoms with Gasteiger partial charge in [0.2, 0.25) is 10.0 Å². The van der Waals surface area contributed by atoms with Crippen molar-refractivity contribution in [3.63, 3.8) is 0 Å². The highest BCUT2D eigenvalue weighted by Gasteiger charge is 2.24. The van der Waals surface area contributed by atoms with Gasteiger partial charge in [-0.15, -0.1) is 0 Å². The van der Waals surface area contributed by atoms with Gasteiger partial charge in [0.1, 0.15) is 16.7 Å². The van der Waals surface area contributed by atoms with Crippen molar-refractivity contribution < 1.29 is 17.9 Å². The van der Waals surface area contributed by atoms with E-state index in [9.17, 15) is 8.42 Å². The fourth-order valence-electron chi connectivity index (χ4n) is 1.29. The van der Waals surface area contributed by atoms with Gasteiger partial charge in [-0.3, -0.25) is 4.72 Å². The molecule has 0 spiro atoms. The summed E-state index contributed by atoms with van der Waals surface area (Å²) < 4.78 is 36.6. The van der Waals surface area contributed by atoms with Crippen LogP contribution in [0.5, 0.6) is 11.5 Å². The molecule has 0 saturated carbocycles. The number of benzene rings is 1. The average molecular weight is 304 g/mol. The molecule has 1 rings (SSSR count). The Morgan fingerprint density at radius 2 is 2.00 bits per heavy atom. The lowest BCUT2D eigenvalue weighted by Crippen LogP contribution is -2.35. The fraction of sp³-hybridized carbons (Fsp3) is 0.364. The number of rotatable bonds is 6. The van der Waals surface area contributed by atoms with Crippen molar-refractivity contribution in [3.05, 3.63) is 18.2 Å². The summed E-state index contributed by atoms with van der Waals surface area (Å²) in [5.41, 5.74) is 5.63. The lowest BCUT2D eigenvalue weighted by Gasteiger charge is -2.16. The fourth-order valence-corrected chi connectivity index (χ4v) is 2.62. The van der Waals surface area contributed by atoms with E-state index in [1.807, 2.05) is 0 Å². The average Bonchev–Trinajstić information content (AvgIpc) is 2.37. The number of nitrogens with one attached hydrogen (secondary N) is 1. The van der Waals surface area contributed by atoms with Gasteiger partial charge in [-0.25, -0.2) is 8.42 Å². The van der Waals surface area contributed by atoms with Crippen molar-refractivity contribution in [2.75, 3.05) is 18.9 Å². The molecule has 0 aliphatic heterocycles. The van der Waals surface area contributed by atoms with Crippen LogP contribution in [0.4, 0.5) is 5.69 Å². The minimum atomic E-state index is -3.72. The van der Waals surface area contributed by atoms with Crippen LogP contribution in [0.25, 0.3) is 0 Å². The molecular formula is C11H16N2O4S2. The molecule has 19 heavy (non-hydrogen) atoms. The van der Waals surface area contributed by atoms with Gasteiger partial charge < -0.3 is 15.2 Å². The van der Waals surface area contributed by atoms with Crippen molar-refractivity contribution in [2.45, 2.75) is 12.2 Å². The molecule has 0 heterocycles. The molecule has 1 aromatic rings. The lowest BCUT2D eigenvalue weighted by molar-refractivity contribution is 0.405. The lowest BCUT2D eigenvalue weighted by atomic mass is 10.3. The van der Waals surface area contributed by atoms with E-state index >= 15 is 0 Å². The van der Waals surface area contributed by atoms with E-state index in [4.69, 9.17) is 27.4 Å². The van der Waals surface area contributed by atoms with Crippen LogP contribution < -0.4 is 19.9 Å². The number of sulfonamides is 1. The molecule has 3 N–H and O–H groups in total. The standard InChI is InChI=1S/C11H16N2O4S2/c1-7(11(12)18)19(14,15)13-9-6-8(16-2)4-5-10(9)17-3/h4-7,13H,1-3H3,(H2,12,18). The number of nitrogens with two attached hydrogens (primary N) is 1. The van der Waals surface area contributed by atoms with Crippen LogP contribution in [0.3, 0.4) is 0 Å². The van der Waals surface area contributed by atoms with Crippen molar-refractivity contribution >= 4 is 32.9 Å². The number of hydrogen-bond donors (Lipinski definition) is 2. The molecule has 0 aliphatic carbocycles. The van der Waals surface area contributed by atoms with E-state index in [2.05, 4.69) is 4.72 Å². The summed E-state index contributed by atoms with van der Waals surface area (Å²) in [6.45, 7) is 1.41. The van der Waals surface area contributed by atoms with Crippen LogP contribution in [0, 0.1) is 0 Å². The molecule has 6 nitrogen and oxygen atoms in total. The summed E-state index contributed by atoms with van der Waals surface area (Å²) in [7, 11) is -0.797. The second kappa shape index (κ2) is 6.07. The smallest absolute Gasteiger partial charge is 0.242 e. The normalized spacial score (nSPS) is 12.6. The molecule has 0 bridgehead atoms. The Hall–Kier alpha value is -1.54. The number of methoxy groups -OCH3 is 2. The van der Waals surface area contributed by atoms with Gasteiger partial charge in [0.25, 0.3) is 0 Å². The quantitative estimate of drug-likeness (QED) is 0.765. The van der Waals surface area contributed by atoms with Gasteiger partial charge >= 0.3 is 0 Å². The van der Waals surface area contributed by atoms with E-state index < -0.39 is 15.3 Å². The van der Waals surface area contributed by atoms with Gasteiger partial charge in [-0.1, -0.05) is 12.2 Å². The van der Waals surface area contributed by atoms with E-state index in [1.54, 1.807) is 12.1 Å². The maximum absolute atomic E-state index is 12.0. The van der Waals surface area contributed by atoms with Gasteiger partial charge in [-0.05, 0) is 19.1 Å². The highest BCUT2D eigenvalue weighted by molar-refractivity contribution is 7.95. The second-order valence-corrected chi connectivity index (χ2v) is 6.23. The molecule has 0 fully saturated rings. The first-order valence-electron chi connectivity index (χ1n) is 5.34. The van der Waals surface area contributed by atoms with Crippen LogP contribution in [0.15, 0.2) is 18.2 Å². The third-order valence-corrected chi connectivity index (χ3v) is 4.72. The molecule has 1 atom stereocenters. The van der Waals surface area contributed by atoms with Crippen LogP contribution in [-0.2, 0) is 10.0 Å². The highest BCUT2D eigenvalue weighted by atomic mass is 32.2. The molecule has 1 aromatic carbocycles. The molecule has 0 amide bonds. The Balaban J connectivity index is 3.14. The maximum atomic E-state index is 12.0. The Labute approximate surface area is 117 Å². The third-order valence-electron chi connectivity index (χ3n) is 2.52. The van der Waals surface area contributed by atoms with Crippen molar-refractivity contribution in [1.82, 2.24) is 0 Å². The molecule has 8 heteroatoms. The zero-order valence-electron chi connectivity index (χ0n) is 10.8. The van der Waals surface area contributed by atoms with Gasteiger partial charge in [0, 0.05) is 6.07 Å². The summed E-state index contributed by atoms with van der Waals surface area (Å²) >= 11 is 4.70. The number of anilines is 1. The van der Waals surface area contributed by atoms with Crippen molar-refractivity contribution in [2.24, 2.45) is 5.73 Å². The Kier molecular flexibility index (Phi) is 4.96. The minimum Gasteiger partial charge on any atom is -0.497 e. The van der Waals surface area contributed by atoms with Crippen LogP contribution in [0.1, 0.15) is 6.92 Å². The number of ether oxygens (including phenoxy) is 2. The molecule has 0 aliphatic rings. The molecule has 0 radical (unpaired) electrons. The molecular weight excluding hydrogens is 288 g/mol. The summed E-state index contributed by atoms with van der Waals surface area (Å²) in [6, 6.07) is 4.78. The van der Waals surface area contributed by atoms with E-state index in [0.29, 0.717) is 11.5 Å². The summed E-state index contributed by atoms with van der Waals surface area (Å²) in [5, 5.41) is -0.988. The number of hydrogen-bond acceptors (Lipinski definition) is 5. The first-order valence-corrected chi connectivity index (χ1v) is 7.30. The zero-order chi connectivity index (χ0) is 14.6. The Bertz CT molecular complexity index is 572. The first kappa shape index (κ1) is 15.5. The predicted octanol–water partition coefficient (Wildman–Crippen LogP) is 1.12. The number of thiocarbonyl (C=S) groups is 1. The molecule has 106 valence electrons. The first-order chi connectivity index (χ1) is 8.81. The predicted molar refractivity (Wildman–Crippen MR) is 78.3 cm³/mol. The molecule has 1 unspecified atom stereocenters. The van der Waals surface area contributed by atoms with Crippen molar-refractivity contribution in [1.29, 1.82) is 0 Å². The monoisotopic (exact) mass is 304 g/mol. The second-order valence-electron chi connectivity index (χ2n) is 3.76. The van der Waals surface area contributed by atoms with Gasteiger partial charge in [0.15, 0.2) is 0 Å². The third kappa shape index (κ3) is 3.71.